The fraction of sp³-hybridized carbons (Fsp3) is 0.480. The molecule has 3 aliphatic carbocycles. The lowest BCUT2D eigenvalue weighted by molar-refractivity contribution is -0.346. The predicted molar refractivity (Wildman–Crippen MR) is 355 cm³/mol. The summed E-state index contributed by atoms with van der Waals surface area (Å²) in [5, 5.41) is 17.6. The molecule has 3 fully saturated rings. The van der Waals surface area contributed by atoms with Crippen molar-refractivity contribution in [2.45, 2.75) is 199 Å². The van der Waals surface area contributed by atoms with E-state index in [4.69, 9.17) is 32.8 Å². The summed E-state index contributed by atoms with van der Waals surface area (Å²) < 4.78 is 45.9. The number of hydrogen-bond donors (Lipinski definition) is 2. The first kappa shape index (κ1) is 71.9. The Morgan fingerprint density at radius 1 is 0.685 bits per heavy atom. The van der Waals surface area contributed by atoms with Crippen LogP contribution < -0.4 is 5.32 Å². The van der Waals surface area contributed by atoms with Crippen molar-refractivity contribution in [2.75, 3.05) is 6.61 Å². The lowest BCUT2D eigenvalue weighted by Gasteiger charge is -2.67. The fourth-order valence-electron chi connectivity index (χ4n) is 13.8. The monoisotopic (exact) mass is 1280 g/mol. The van der Waals surface area contributed by atoms with Crippen molar-refractivity contribution in [1.29, 1.82) is 0 Å². The normalized spacial score (nSPS) is 26.8. The minimum absolute atomic E-state index is 0.0368. The van der Waals surface area contributed by atoms with E-state index < -0.39 is 132 Å². The second-order valence-corrected chi connectivity index (χ2v) is 29.9. The van der Waals surface area contributed by atoms with Crippen LogP contribution in [0.15, 0.2) is 175 Å². The molecule has 2 N–H and O–H groups in total. The van der Waals surface area contributed by atoms with Gasteiger partial charge in [0.1, 0.15) is 30.0 Å². The molecule has 7 rings (SSSR count). The van der Waals surface area contributed by atoms with Gasteiger partial charge < -0.3 is 43.3 Å². The Balaban J connectivity index is 1.27. The minimum Gasteiger partial charge on any atom is -0.461 e. The van der Waals surface area contributed by atoms with Crippen LogP contribution in [0.1, 0.15) is 166 Å². The van der Waals surface area contributed by atoms with Gasteiger partial charge in [0.05, 0.1) is 29.5 Å². The van der Waals surface area contributed by atoms with E-state index in [1.807, 2.05) is 45.1 Å². The summed E-state index contributed by atoms with van der Waals surface area (Å²) in [7, 11) is -2.80. The van der Waals surface area contributed by atoms with E-state index in [1.54, 1.807) is 93.6 Å². The molecule has 1 amide bonds. The highest BCUT2D eigenvalue weighted by molar-refractivity contribution is 6.73. The molecule has 0 spiro atoms. The van der Waals surface area contributed by atoms with Crippen LogP contribution in [-0.2, 0) is 56.8 Å². The van der Waals surface area contributed by atoms with Crippen LogP contribution in [-0.4, -0.2) is 103 Å². The number of amides is 1. The molecule has 494 valence electrons. The molecule has 3 aromatic rings. The summed E-state index contributed by atoms with van der Waals surface area (Å²) in [5.41, 5.74) is -7.15. The van der Waals surface area contributed by atoms with Crippen LogP contribution in [0.3, 0.4) is 0 Å². The van der Waals surface area contributed by atoms with Crippen LogP contribution in [0.4, 0.5) is 0 Å². The molecule has 2 saturated carbocycles. The Bertz CT molecular complexity index is 3250. The molecule has 16 nitrogen and oxygen atoms in total. The number of allylic oxidation sites excluding steroid dienone is 13. The van der Waals surface area contributed by atoms with Crippen molar-refractivity contribution < 1.29 is 71.5 Å². The summed E-state index contributed by atoms with van der Waals surface area (Å²) in [6, 6.07) is 26.2. The maximum Gasteiger partial charge on any atom is 0.338 e. The van der Waals surface area contributed by atoms with Gasteiger partial charge in [-0.15, -0.1) is 0 Å². The molecule has 92 heavy (non-hydrogen) atoms. The Kier molecular flexibility index (Phi) is 25.6. The Hall–Kier alpha value is -7.57. The molecule has 2 bridgehead atoms. The quantitative estimate of drug-likeness (QED) is 0.0275. The highest BCUT2D eigenvalue weighted by Crippen LogP contribution is 2.65. The average Bonchev–Trinajstić information content (AvgIpc) is 0.669. The van der Waals surface area contributed by atoms with E-state index in [0.717, 1.165) is 39.0 Å². The van der Waals surface area contributed by atoms with Gasteiger partial charge in [-0.25, -0.2) is 9.59 Å². The van der Waals surface area contributed by atoms with E-state index in [9.17, 15) is 29.1 Å². The first-order valence-electron chi connectivity index (χ1n) is 32.7. The smallest absolute Gasteiger partial charge is 0.338 e. The number of Topliss-reactive ketones (excluding diaryl/α,β-unsaturated/α-hetero) is 1. The number of ether oxygens (including phenoxy) is 6. The van der Waals surface area contributed by atoms with Gasteiger partial charge in [-0.3, -0.25) is 24.0 Å². The summed E-state index contributed by atoms with van der Waals surface area (Å²) in [6.45, 7) is 16.5. The molecule has 0 radical (unpaired) electrons. The molecule has 1 heterocycles. The zero-order valence-electron chi connectivity index (χ0n) is 55.3. The summed E-state index contributed by atoms with van der Waals surface area (Å²) in [5.74, 6) is -8.76. The van der Waals surface area contributed by atoms with Crippen LogP contribution in [0.25, 0.3) is 0 Å². The second-order valence-electron chi connectivity index (χ2n) is 25.2. The van der Waals surface area contributed by atoms with Crippen molar-refractivity contribution in [1.82, 2.24) is 5.32 Å². The van der Waals surface area contributed by atoms with Gasteiger partial charge in [-0.2, -0.15) is 0 Å². The Morgan fingerprint density at radius 2 is 1.21 bits per heavy atom. The van der Waals surface area contributed by atoms with E-state index in [0.29, 0.717) is 35.7 Å². The lowest BCUT2D eigenvalue weighted by atomic mass is 9.45. The van der Waals surface area contributed by atoms with Gasteiger partial charge in [0.25, 0.3) is 5.91 Å². The van der Waals surface area contributed by atoms with Gasteiger partial charge >= 0.3 is 29.8 Å². The SMILES string of the molecule is CCC=CCC=CCC=CCC=CCC=CCC=CCCC(=O)O[C@H]1C[C@H]2OC[C@@]2(OC(C)=O)[C@H]2[C@H](OC(=O)c3ccccc3)[C@]3(O)CC(OC(=O)[C@H](O[Si](CC)(CC)CC)[C@@H](NC(=O)c4ccccc4)c4ccccc4)C(C)/C(=C(\OC(C)=O)C(=O)[C@]12C)C3(C)C. The van der Waals surface area contributed by atoms with Crippen LogP contribution in [0.2, 0.25) is 18.1 Å². The molecule has 1 saturated heterocycles. The number of esters is 5. The van der Waals surface area contributed by atoms with E-state index >= 15 is 9.59 Å². The van der Waals surface area contributed by atoms with Gasteiger partial charge in [0, 0.05) is 50.0 Å². The van der Waals surface area contributed by atoms with E-state index in [2.05, 4.69) is 66.9 Å². The highest BCUT2D eigenvalue weighted by atomic mass is 28.4. The number of carbonyl (C=O) groups excluding carboxylic acids is 7. The molecule has 3 aromatic carbocycles. The number of aliphatic hydroxyl groups is 1. The summed E-state index contributed by atoms with van der Waals surface area (Å²) >= 11 is 0. The van der Waals surface area contributed by atoms with E-state index in [-0.39, 0.29) is 37.0 Å². The van der Waals surface area contributed by atoms with E-state index in [1.165, 1.54) is 26.0 Å². The molecule has 0 aromatic heterocycles. The predicted octanol–water partition coefficient (Wildman–Crippen LogP) is 14.0. The largest absolute Gasteiger partial charge is 0.461 e. The third-order valence-corrected chi connectivity index (χ3v) is 23.7. The zero-order chi connectivity index (χ0) is 66.7. The summed E-state index contributed by atoms with van der Waals surface area (Å²) in [4.78, 5) is 103. The molecular formula is C75H95NO15Si. The fourth-order valence-corrected chi connectivity index (χ4v) is 16.5. The lowest BCUT2D eigenvalue weighted by Crippen LogP contribution is -2.81. The first-order valence-corrected chi connectivity index (χ1v) is 35.3. The molecule has 2 unspecified atom stereocenters. The summed E-state index contributed by atoms with van der Waals surface area (Å²) in [6.07, 6.45) is 22.5. The van der Waals surface area contributed by atoms with Gasteiger partial charge in [0.2, 0.25) is 5.78 Å². The number of hydrogen-bond acceptors (Lipinski definition) is 15. The number of fused-ring (bicyclic) bond motifs is 5. The maximum atomic E-state index is 16.6. The third-order valence-electron chi connectivity index (χ3n) is 19.1. The van der Waals surface area contributed by atoms with Gasteiger partial charge in [0.15, 0.2) is 25.8 Å². The average molecular weight is 1280 g/mol. The Labute approximate surface area is 544 Å². The minimum atomic E-state index is -2.80. The number of rotatable bonds is 30. The molecular weight excluding hydrogens is 1180 g/mol. The zero-order valence-corrected chi connectivity index (χ0v) is 56.3. The standard InChI is InChI=1S/C75H95NO15Si/c1-11-15-16-17-18-19-20-21-22-23-24-25-26-27-28-29-30-31-41-48-61(79)88-59-49-60-74(51-85-60,90-54(7)78)66-68(89-70(82)57-46-39-34-40-47-57)75(84)50-58(52(5)62(72(75,8)9)64(86-53(6)77)67(80)73(59,66)10)87-71(83)65(91-92(12-2,13-3)14-4)63(55-42-35-32-36-43-55)76-69(81)56-44-37-33-38-45-56/h15-16,18-19,21-22,24-25,27-28,30-40,42-47,52,58-60,63,65-66,68,84H,11-14,17,20,23,26,29,41,48-51H2,1-10H3,(H,76,81)/b16-15?,19-18?,22-21?,25-24?,28-27?,31-30?,64-62+/t52?,58?,59-,60+,63-,65+,66-,68-,73+,74-,75+/m0/s1. The van der Waals surface area contributed by atoms with Gasteiger partial charge in [-0.1, -0.05) is 188 Å². The molecule has 11 atom stereocenters. The maximum absolute atomic E-state index is 16.6. The number of ketones is 1. The topological polar surface area (TPSA) is 216 Å². The molecule has 17 heteroatoms. The molecule has 1 aliphatic heterocycles. The van der Waals surface area contributed by atoms with Crippen molar-refractivity contribution in [3.05, 3.63) is 192 Å². The van der Waals surface area contributed by atoms with Crippen molar-refractivity contribution >= 4 is 49.9 Å². The van der Waals surface area contributed by atoms with Crippen LogP contribution in [0.5, 0.6) is 0 Å². The van der Waals surface area contributed by atoms with Gasteiger partial charge in [-0.05, 0) is 105 Å². The number of benzene rings is 3. The van der Waals surface area contributed by atoms with Crippen LogP contribution >= 0.6 is 0 Å². The number of nitrogens with one attached hydrogen (secondary N) is 1. The van der Waals surface area contributed by atoms with Crippen molar-refractivity contribution in [3.63, 3.8) is 0 Å². The Morgan fingerprint density at radius 3 is 1.71 bits per heavy atom. The molecule has 4 aliphatic rings. The van der Waals surface area contributed by atoms with Crippen molar-refractivity contribution in [3.8, 4) is 0 Å². The second kappa shape index (κ2) is 32.8. The number of carbonyl (C=O) groups is 7. The van der Waals surface area contributed by atoms with Crippen LogP contribution in [0, 0.1) is 22.7 Å². The third kappa shape index (κ3) is 16.4. The van der Waals surface area contributed by atoms with Crippen molar-refractivity contribution in [2.24, 2.45) is 22.7 Å². The highest BCUT2D eigenvalue weighted by Gasteiger charge is 2.79. The first-order chi connectivity index (χ1) is 44.1.